The lowest BCUT2D eigenvalue weighted by molar-refractivity contribution is -0.170. The Morgan fingerprint density at radius 3 is 2.64 bits per heavy atom. The second-order valence-corrected chi connectivity index (χ2v) is 13.1. The molecule has 7 rings (SSSR count). The van der Waals surface area contributed by atoms with E-state index in [4.69, 9.17) is 39.2 Å². The lowest BCUT2D eigenvalue weighted by Gasteiger charge is -2.25. The highest BCUT2D eigenvalue weighted by atomic mass is 31.2. The predicted octanol–water partition coefficient (Wildman–Crippen LogP) is -1.97. The highest BCUT2D eigenvalue weighted by molar-refractivity contribution is 7.52. The maximum atomic E-state index is 15.9. The standard InChI is InChI=1S/C19H22FN11O12P2/c20-6-10-5(40-16(6)30-3-25-7-12(21)23-2-24-13(7)30)1-39-45(36,37)43-11-9(32)18(38-4-44(34,35)42-10)41-17(11)31-14-8(28-29-31)15(33)27-19(22)26-14/h2-3,5-6,9-11,16-18,32H,1,4H2,(H,34,35)(H,36,37)(H2,21,23,24)(H3,22,26,27,33)/t5-,6+,9?,10?,11+,16-,17-,18+/m1/s1. The minimum atomic E-state index is -5.20. The van der Waals surface area contributed by atoms with Crippen molar-refractivity contribution in [1.82, 2.24) is 44.5 Å². The number of H-pyrrole nitrogens is 1. The summed E-state index contributed by atoms with van der Waals surface area (Å²) in [6.07, 6.45) is -13.4. The molecule has 26 heteroatoms. The maximum Gasteiger partial charge on any atom is 0.472 e. The molecule has 0 amide bonds. The highest BCUT2D eigenvalue weighted by Crippen LogP contribution is 2.53. The SMILES string of the molecule is Nc1nc2c(nnn2[C@@H]2O[C@@H]3OCP(=O)(O)OC4[C@@H](COP(=O)(O)O[C@H]2C3O)O[C@@H](n2cnc3c(N)ncnc32)[C@H]4F)c(=O)[nH]1. The lowest BCUT2D eigenvalue weighted by Crippen LogP contribution is -2.35. The Hall–Kier alpha value is -3.54. The van der Waals surface area contributed by atoms with Crippen LogP contribution < -0.4 is 17.0 Å². The van der Waals surface area contributed by atoms with E-state index >= 15 is 4.39 Å². The number of alkyl halides is 1. The molecule has 0 aliphatic carbocycles. The molecule has 45 heavy (non-hydrogen) atoms. The largest absolute Gasteiger partial charge is 0.472 e. The molecule has 10 atom stereocenters. The summed E-state index contributed by atoms with van der Waals surface area (Å²) < 4.78 is 76.2. The van der Waals surface area contributed by atoms with E-state index in [1.54, 1.807) is 0 Å². The summed E-state index contributed by atoms with van der Waals surface area (Å²) in [4.78, 5) is 51.5. The zero-order valence-corrected chi connectivity index (χ0v) is 24.0. The molecule has 3 aliphatic heterocycles. The molecule has 0 radical (unpaired) electrons. The Bertz CT molecular complexity index is 1940. The molecule has 3 saturated heterocycles. The number of nitrogens with two attached hydrogens (primary N) is 2. The number of aliphatic hydroxyl groups is 1. The first-order valence-electron chi connectivity index (χ1n) is 12.8. The van der Waals surface area contributed by atoms with E-state index in [9.17, 15) is 28.8 Å². The van der Waals surface area contributed by atoms with Gasteiger partial charge in [0.25, 0.3) is 5.56 Å². The van der Waals surface area contributed by atoms with Gasteiger partial charge in [-0.05, 0) is 0 Å². The van der Waals surface area contributed by atoms with Crippen molar-refractivity contribution in [2.45, 2.75) is 49.3 Å². The Morgan fingerprint density at radius 2 is 1.84 bits per heavy atom. The molecule has 4 aromatic rings. The van der Waals surface area contributed by atoms with Gasteiger partial charge in [0.2, 0.25) is 5.95 Å². The van der Waals surface area contributed by atoms with Crippen molar-refractivity contribution >= 4 is 49.5 Å². The average molecular weight is 677 g/mol. The van der Waals surface area contributed by atoms with Gasteiger partial charge in [-0.2, -0.15) is 9.67 Å². The van der Waals surface area contributed by atoms with Gasteiger partial charge < -0.3 is 40.6 Å². The molecule has 0 spiro atoms. The first-order chi connectivity index (χ1) is 21.3. The van der Waals surface area contributed by atoms with Gasteiger partial charge in [0.05, 0.1) is 12.9 Å². The number of ether oxygens (including phenoxy) is 3. The van der Waals surface area contributed by atoms with Crippen LogP contribution in [-0.4, -0.2) is 109 Å². The number of nitrogens with zero attached hydrogens (tertiary/aromatic N) is 8. The predicted molar refractivity (Wildman–Crippen MR) is 140 cm³/mol. The average Bonchev–Trinajstić information content (AvgIpc) is 3.72. The number of halogens is 1. The van der Waals surface area contributed by atoms with E-state index in [0.29, 0.717) is 0 Å². The summed E-state index contributed by atoms with van der Waals surface area (Å²) in [6.45, 7) is -0.919. The molecular weight excluding hydrogens is 655 g/mol. The number of fused-ring (bicyclic) bond motifs is 5. The fourth-order valence-corrected chi connectivity index (χ4v) is 7.03. The van der Waals surface area contributed by atoms with Gasteiger partial charge in [-0.25, -0.2) is 23.9 Å². The third-order valence-corrected chi connectivity index (χ3v) is 9.07. The first kappa shape index (κ1) is 30.1. The topological polar surface area (TPSA) is 322 Å². The number of nitrogen functional groups attached to an aromatic ring is 2. The molecule has 2 bridgehead atoms. The summed E-state index contributed by atoms with van der Waals surface area (Å²) >= 11 is 0. The van der Waals surface area contributed by atoms with Crippen LogP contribution in [0.2, 0.25) is 0 Å². The summed E-state index contributed by atoms with van der Waals surface area (Å²) in [6, 6.07) is 0. The van der Waals surface area contributed by atoms with Crippen LogP contribution in [-0.2, 0) is 36.9 Å². The summed E-state index contributed by atoms with van der Waals surface area (Å²) in [5.74, 6) is -0.348. The quantitative estimate of drug-likeness (QED) is 0.125. The Morgan fingerprint density at radius 1 is 1.04 bits per heavy atom. The summed E-state index contributed by atoms with van der Waals surface area (Å²) in [5, 5.41) is 18.3. The normalized spacial score (nSPS) is 37.7. The molecule has 0 saturated carbocycles. The number of hydrogen-bond donors (Lipinski definition) is 6. The van der Waals surface area contributed by atoms with Crippen LogP contribution in [0.5, 0.6) is 0 Å². The van der Waals surface area contributed by atoms with Gasteiger partial charge in [-0.1, -0.05) is 5.21 Å². The zero-order chi connectivity index (χ0) is 31.8. The summed E-state index contributed by atoms with van der Waals surface area (Å²) in [7, 11) is -10.1. The third-order valence-electron chi connectivity index (χ3n) is 7.04. The lowest BCUT2D eigenvalue weighted by atomic mass is 10.1. The van der Waals surface area contributed by atoms with Crippen molar-refractivity contribution in [1.29, 1.82) is 0 Å². The van der Waals surface area contributed by atoms with E-state index in [0.717, 1.165) is 21.9 Å². The van der Waals surface area contributed by atoms with Crippen LogP contribution in [0.1, 0.15) is 12.5 Å². The molecule has 4 aromatic heterocycles. The monoisotopic (exact) mass is 677 g/mol. The number of phosphoric acid groups is 1. The van der Waals surface area contributed by atoms with Gasteiger partial charge in [-0.15, -0.1) is 5.10 Å². The number of imidazole rings is 1. The Balaban J connectivity index is 1.21. The van der Waals surface area contributed by atoms with Crippen molar-refractivity contribution in [2.24, 2.45) is 0 Å². The van der Waals surface area contributed by atoms with Crippen LogP contribution in [0.4, 0.5) is 16.2 Å². The van der Waals surface area contributed by atoms with Gasteiger partial charge >= 0.3 is 15.4 Å². The van der Waals surface area contributed by atoms with Crippen LogP contribution in [0.25, 0.3) is 22.3 Å². The van der Waals surface area contributed by atoms with Crippen LogP contribution in [0.15, 0.2) is 17.4 Å². The van der Waals surface area contributed by atoms with Crippen molar-refractivity contribution in [2.75, 3.05) is 24.4 Å². The third kappa shape index (κ3) is 5.28. The molecule has 7 heterocycles. The molecule has 3 fully saturated rings. The van der Waals surface area contributed by atoms with Crippen LogP contribution in [0, 0.1) is 0 Å². The van der Waals surface area contributed by atoms with E-state index in [-0.39, 0.29) is 34.1 Å². The van der Waals surface area contributed by atoms with E-state index in [2.05, 4.69) is 35.2 Å². The van der Waals surface area contributed by atoms with Gasteiger partial charge in [0, 0.05) is 0 Å². The fourth-order valence-electron chi connectivity index (χ4n) is 5.07. The number of anilines is 2. The van der Waals surface area contributed by atoms with Crippen LogP contribution in [0.3, 0.4) is 0 Å². The second-order valence-electron chi connectivity index (χ2n) is 9.97. The molecule has 23 nitrogen and oxygen atoms in total. The number of aromatic nitrogens is 9. The van der Waals surface area contributed by atoms with Crippen molar-refractivity contribution < 1.29 is 56.2 Å². The summed E-state index contributed by atoms with van der Waals surface area (Å²) in [5.41, 5.74) is 10.2. The van der Waals surface area contributed by atoms with Gasteiger partial charge in [0.1, 0.15) is 36.3 Å². The minimum absolute atomic E-state index is 0.00745. The molecule has 3 aliphatic rings. The maximum absolute atomic E-state index is 15.9. The number of nitrogens with one attached hydrogen (secondary N) is 1. The van der Waals surface area contributed by atoms with E-state index in [1.165, 1.54) is 0 Å². The molecule has 242 valence electrons. The highest BCUT2D eigenvalue weighted by Gasteiger charge is 2.54. The zero-order valence-electron chi connectivity index (χ0n) is 22.2. The Kier molecular flexibility index (Phi) is 7.22. The Labute approximate surface area is 247 Å². The van der Waals surface area contributed by atoms with E-state index in [1.807, 2.05) is 0 Å². The van der Waals surface area contributed by atoms with Crippen molar-refractivity contribution in [3.63, 3.8) is 0 Å². The van der Waals surface area contributed by atoms with Gasteiger partial charge in [-0.3, -0.25) is 32.5 Å². The molecular formula is C19H22FN11O12P2. The number of rotatable bonds is 2. The molecule has 8 N–H and O–H groups in total. The van der Waals surface area contributed by atoms with Crippen molar-refractivity contribution in [3.8, 4) is 0 Å². The minimum Gasteiger partial charge on any atom is -0.385 e. The second kappa shape index (κ2) is 10.8. The molecule has 4 unspecified atom stereocenters. The van der Waals surface area contributed by atoms with E-state index < -0.39 is 83.3 Å². The molecule has 0 aromatic carbocycles. The first-order valence-corrected chi connectivity index (χ1v) is 16.0. The number of phosphoric ester groups is 1. The number of aliphatic hydroxyl groups excluding tert-OH is 1. The smallest absolute Gasteiger partial charge is 0.385 e. The number of hydrogen-bond acceptors (Lipinski definition) is 18. The van der Waals surface area contributed by atoms with Crippen molar-refractivity contribution in [3.05, 3.63) is 23.0 Å². The number of aromatic amines is 1. The fraction of sp³-hybridized carbons (Fsp3) is 0.526. The van der Waals surface area contributed by atoms with Gasteiger partial charge in [0.15, 0.2) is 53.9 Å². The van der Waals surface area contributed by atoms with Crippen LogP contribution >= 0.6 is 15.4 Å².